The number of fused-ring (bicyclic) bond motifs is 3. The third-order valence-electron chi connectivity index (χ3n) is 5.66. The molecule has 0 unspecified atom stereocenters. The monoisotopic (exact) mass is 411 g/mol. The van der Waals surface area contributed by atoms with Crippen LogP contribution in [0.4, 0.5) is 11.6 Å². The lowest BCUT2D eigenvalue weighted by atomic mass is 10.2. The summed E-state index contributed by atoms with van der Waals surface area (Å²) in [6.07, 6.45) is 3.74. The van der Waals surface area contributed by atoms with Gasteiger partial charge in [0.2, 0.25) is 5.95 Å². The van der Waals surface area contributed by atoms with Crippen molar-refractivity contribution < 1.29 is 4.74 Å². The van der Waals surface area contributed by atoms with E-state index in [2.05, 4.69) is 11.8 Å². The zero-order valence-corrected chi connectivity index (χ0v) is 17.9. The first-order valence-electron chi connectivity index (χ1n) is 10.8. The fraction of sp³-hybridized carbons (Fsp3) is 0.500. The average Bonchev–Trinajstić information content (AvgIpc) is 3.15. The maximum absolute atomic E-state index is 13.2. The van der Waals surface area contributed by atoms with Gasteiger partial charge in [-0.05, 0) is 44.0 Å². The van der Waals surface area contributed by atoms with Gasteiger partial charge < -0.3 is 14.2 Å². The summed E-state index contributed by atoms with van der Waals surface area (Å²) in [4.78, 5) is 32.9. The van der Waals surface area contributed by atoms with Gasteiger partial charge in [-0.15, -0.1) is 0 Å². The molecule has 0 aliphatic carbocycles. The molecule has 8 heteroatoms. The van der Waals surface area contributed by atoms with Crippen LogP contribution in [0.25, 0.3) is 11.2 Å². The first-order valence-corrected chi connectivity index (χ1v) is 10.8. The van der Waals surface area contributed by atoms with E-state index in [4.69, 9.17) is 9.72 Å². The maximum atomic E-state index is 13.2. The van der Waals surface area contributed by atoms with Crippen LogP contribution in [-0.4, -0.2) is 31.8 Å². The van der Waals surface area contributed by atoms with E-state index in [-0.39, 0.29) is 11.2 Å². The molecule has 3 aromatic rings. The Hall–Kier alpha value is -3.03. The van der Waals surface area contributed by atoms with E-state index in [9.17, 15) is 9.59 Å². The van der Waals surface area contributed by atoms with Crippen LogP contribution in [0.5, 0.6) is 5.75 Å². The third-order valence-corrected chi connectivity index (χ3v) is 5.66. The van der Waals surface area contributed by atoms with E-state index >= 15 is 0 Å². The number of nitrogens with zero attached hydrogens (tertiary/aromatic N) is 5. The Kier molecular flexibility index (Phi) is 5.65. The molecule has 160 valence electrons. The molecule has 30 heavy (non-hydrogen) atoms. The lowest BCUT2D eigenvalue weighted by molar-refractivity contribution is 0.340. The molecule has 0 bridgehead atoms. The molecule has 0 spiro atoms. The van der Waals surface area contributed by atoms with Crippen molar-refractivity contribution in [3.8, 4) is 5.75 Å². The summed E-state index contributed by atoms with van der Waals surface area (Å²) in [6.45, 7) is 6.64. The molecule has 1 aliphatic rings. The summed E-state index contributed by atoms with van der Waals surface area (Å²) < 4.78 is 10.4. The Balaban J connectivity index is 1.81. The molecule has 1 aromatic carbocycles. The SMILES string of the molecule is CCCCCn1c(=O)c2c(nc3n2CCCN3c2ccc(OCC)cc2)n(C)c1=O. The lowest BCUT2D eigenvalue weighted by Crippen LogP contribution is -2.40. The van der Waals surface area contributed by atoms with Crippen LogP contribution in [0, 0.1) is 0 Å². The van der Waals surface area contributed by atoms with Gasteiger partial charge >= 0.3 is 5.69 Å². The number of hydrogen-bond acceptors (Lipinski definition) is 5. The number of rotatable bonds is 7. The second-order valence-electron chi connectivity index (χ2n) is 7.67. The quantitative estimate of drug-likeness (QED) is 0.559. The molecule has 0 saturated carbocycles. The van der Waals surface area contributed by atoms with Gasteiger partial charge in [0.15, 0.2) is 11.2 Å². The lowest BCUT2D eigenvalue weighted by Gasteiger charge is -2.29. The minimum absolute atomic E-state index is 0.239. The number of unbranched alkanes of at least 4 members (excludes halogenated alkanes) is 2. The smallest absolute Gasteiger partial charge is 0.332 e. The van der Waals surface area contributed by atoms with Crippen molar-refractivity contribution in [3.63, 3.8) is 0 Å². The van der Waals surface area contributed by atoms with Gasteiger partial charge in [-0.1, -0.05) is 19.8 Å². The van der Waals surface area contributed by atoms with E-state index in [0.717, 1.165) is 43.7 Å². The number of benzene rings is 1. The highest BCUT2D eigenvalue weighted by atomic mass is 16.5. The van der Waals surface area contributed by atoms with Gasteiger partial charge in [0.25, 0.3) is 5.56 Å². The zero-order valence-electron chi connectivity index (χ0n) is 17.9. The molecule has 3 heterocycles. The van der Waals surface area contributed by atoms with Crippen molar-refractivity contribution in [1.29, 1.82) is 0 Å². The number of aryl methyl sites for hydroxylation is 2. The van der Waals surface area contributed by atoms with Crippen LogP contribution >= 0.6 is 0 Å². The van der Waals surface area contributed by atoms with Crippen LogP contribution in [0.3, 0.4) is 0 Å². The zero-order chi connectivity index (χ0) is 21.3. The van der Waals surface area contributed by atoms with Crippen molar-refractivity contribution >= 4 is 22.8 Å². The summed E-state index contributed by atoms with van der Waals surface area (Å²) in [6, 6.07) is 7.89. The molecule has 4 rings (SSSR count). The Bertz CT molecular complexity index is 1160. The molecule has 8 nitrogen and oxygen atoms in total. The van der Waals surface area contributed by atoms with E-state index in [0.29, 0.717) is 36.8 Å². The van der Waals surface area contributed by atoms with E-state index < -0.39 is 0 Å². The summed E-state index contributed by atoms with van der Waals surface area (Å²) in [5.41, 5.74) is 1.41. The van der Waals surface area contributed by atoms with Gasteiger partial charge in [0.05, 0.1) is 6.61 Å². The fourth-order valence-electron chi connectivity index (χ4n) is 4.12. The normalized spacial score (nSPS) is 13.6. The van der Waals surface area contributed by atoms with Crippen LogP contribution in [-0.2, 0) is 20.1 Å². The van der Waals surface area contributed by atoms with Gasteiger partial charge in [-0.25, -0.2) is 4.79 Å². The second kappa shape index (κ2) is 8.38. The average molecular weight is 412 g/mol. The van der Waals surface area contributed by atoms with Crippen LogP contribution in [0.2, 0.25) is 0 Å². The Morgan fingerprint density at radius 1 is 1.07 bits per heavy atom. The number of aromatic nitrogens is 4. The predicted octanol–water partition coefficient (Wildman–Crippen LogP) is 3.03. The summed E-state index contributed by atoms with van der Waals surface area (Å²) in [5, 5.41) is 0. The van der Waals surface area contributed by atoms with E-state index in [1.165, 1.54) is 9.13 Å². The van der Waals surface area contributed by atoms with Crippen molar-refractivity contribution in [1.82, 2.24) is 18.7 Å². The number of anilines is 2. The van der Waals surface area contributed by atoms with Crippen LogP contribution in [0.1, 0.15) is 39.5 Å². The van der Waals surface area contributed by atoms with Gasteiger partial charge in [0, 0.05) is 32.4 Å². The highest BCUT2D eigenvalue weighted by Gasteiger charge is 2.26. The Morgan fingerprint density at radius 2 is 1.83 bits per heavy atom. The van der Waals surface area contributed by atoms with Gasteiger partial charge in [-0.3, -0.25) is 13.9 Å². The number of imidazole rings is 1. The number of hydrogen-bond donors (Lipinski definition) is 0. The van der Waals surface area contributed by atoms with Gasteiger partial charge in [-0.2, -0.15) is 4.98 Å². The molecule has 0 atom stereocenters. The predicted molar refractivity (Wildman–Crippen MR) is 118 cm³/mol. The fourth-order valence-corrected chi connectivity index (χ4v) is 4.12. The van der Waals surface area contributed by atoms with E-state index in [1.54, 1.807) is 7.05 Å². The van der Waals surface area contributed by atoms with Crippen molar-refractivity contribution in [2.45, 2.75) is 52.6 Å². The molecule has 0 N–H and O–H groups in total. The van der Waals surface area contributed by atoms with Crippen LogP contribution in [0.15, 0.2) is 33.9 Å². The van der Waals surface area contributed by atoms with E-state index in [1.807, 2.05) is 35.8 Å². The summed E-state index contributed by atoms with van der Waals surface area (Å²) in [5.74, 6) is 1.53. The van der Waals surface area contributed by atoms with Gasteiger partial charge in [0.1, 0.15) is 5.75 Å². The molecular formula is C22H29N5O3. The highest BCUT2D eigenvalue weighted by Crippen LogP contribution is 2.31. The Labute approximate surface area is 175 Å². The largest absolute Gasteiger partial charge is 0.494 e. The molecule has 0 saturated heterocycles. The van der Waals surface area contributed by atoms with Crippen molar-refractivity contribution in [2.24, 2.45) is 7.05 Å². The third kappa shape index (κ3) is 3.40. The molecule has 2 aromatic heterocycles. The molecule has 0 amide bonds. The first-order chi connectivity index (χ1) is 14.6. The molecule has 0 fully saturated rings. The van der Waals surface area contributed by atoms with Crippen molar-refractivity contribution in [2.75, 3.05) is 18.1 Å². The Morgan fingerprint density at radius 3 is 2.53 bits per heavy atom. The molecular weight excluding hydrogens is 382 g/mol. The van der Waals surface area contributed by atoms with Crippen molar-refractivity contribution in [3.05, 3.63) is 45.1 Å². The topological polar surface area (TPSA) is 74.3 Å². The number of ether oxygens (including phenoxy) is 1. The maximum Gasteiger partial charge on any atom is 0.332 e. The standard InChI is InChI=1S/C22H29N5O3/c1-4-6-7-13-27-20(28)18-19(24(3)22(27)29)23-21-25(14-8-15-26(18)21)16-9-11-17(12-10-16)30-5-2/h9-12H,4-8,13-15H2,1-3H3. The highest BCUT2D eigenvalue weighted by molar-refractivity contribution is 5.77. The summed E-state index contributed by atoms with van der Waals surface area (Å²) in [7, 11) is 1.70. The van der Waals surface area contributed by atoms with Crippen LogP contribution < -0.4 is 20.9 Å². The summed E-state index contributed by atoms with van der Waals surface area (Å²) >= 11 is 0. The first kappa shape index (κ1) is 20.3. The second-order valence-corrected chi connectivity index (χ2v) is 7.67. The molecule has 1 aliphatic heterocycles. The minimum atomic E-state index is -0.299. The minimum Gasteiger partial charge on any atom is -0.494 e. The molecule has 0 radical (unpaired) electrons.